The quantitative estimate of drug-likeness (QED) is 0.234. The number of nitrogens with zero attached hydrogens (tertiary/aromatic N) is 3. The van der Waals surface area contributed by atoms with Crippen molar-refractivity contribution in [2.24, 2.45) is 10.8 Å². The second-order valence-corrected chi connectivity index (χ2v) is 12.7. The van der Waals surface area contributed by atoms with Crippen molar-refractivity contribution in [1.29, 1.82) is 5.26 Å². The molecular formula is C24H33N4O11P. The number of phosphoric ester groups is 1. The summed E-state index contributed by atoms with van der Waals surface area (Å²) in [6.45, 7) is 7.55. The molecule has 1 fully saturated rings. The Labute approximate surface area is 229 Å². The number of aliphatic hydroxyl groups is 1. The number of esters is 2. The molecule has 0 saturated carbocycles. The van der Waals surface area contributed by atoms with Gasteiger partial charge in [-0.25, -0.2) is 18.1 Å². The van der Waals surface area contributed by atoms with Crippen LogP contribution in [0.1, 0.15) is 53.7 Å². The molecule has 3 rings (SSSR count). The Hall–Kier alpha value is -3.12. The van der Waals surface area contributed by atoms with Crippen molar-refractivity contribution in [3.63, 3.8) is 0 Å². The van der Waals surface area contributed by atoms with Crippen LogP contribution < -0.4 is 5.56 Å². The highest BCUT2D eigenvalue weighted by molar-refractivity contribution is 7.48. The van der Waals surface area contributed by atoms with Gasteiger partial charge in [0.1, 0.15) is 24.0 Å². The number of rotatable bonds is 10. The van der Waals surface area contributed by atoms with Crippen molar-refractivity contribution in [1.82, 2.24) is 14.6 Å². The number of nitrogens with one attached hydrogen (secondary N) is 1. The van der Waals surface area contributed by atoms with E-state index in [0.29, 0.717) is 0 Å². The number of H-pyrrole nitrogens is 1. The third kappa shape index (κ3) is 6.95. The Bertz CT molecular complexity index is 1350. The maximum absolute atomic E-state index is 13.3. The van der Waals surface area contributed by atoms with Crippen LogP contribution in [-0.2, 0) is 47.5 Å². The zero-order valence-electron chi connectivity index (χ0n) is 23.0. The van der Waals surface area contributed by atoms with Gasteiger partial charge in [-0.05, 0) is 53.7 Å². The number of nitriles is 1. The van der Waals surface area contributed by atoms with Gasteiger partial charge in [0.15, 0.2) is 0 Å². The average Bonchev–Trinajstić information content (AvgIpc) is 3.44. The van der Waals surface area contributed by atoms with E-state index in [1.165, 1.54) is 16.6 Å². The van der Waals surface area contributed by atoms with E-state index in [0.717, 1.165) is 6.33 Å². The van der Waals surface area contributed by atoms with Gasteiger partial charge in [0, 0.05) is 6.42 Å². The number of carbonyl (C=O) groups is 2. The molecule has 220 valence electrons. The summed E-state index contributed by atoms with van der Waals surface area (Å²) >= 11 is 0. The summed E-state index contributed by atoms with van der Waals surface area (Å²) in [7, 11) is -4.53. The van der Waals surface area contributed by atoms with Gasteiger partial charge in [-0.1, -0.05) is 0 Å². The zero-order chi connectivity index (χ0) is 29.9. The first-order valence-corrected chi connectivity index (χ1v) is 13.7. The molecule has 3 heterocycles. The summed E-state index contributed by atoms with van der Waals surface area (Å²) in [5, 5.41) is 24.9. The number of aliphatic hydroxyl groups excluding tert-OH is 1. The molecule has 2 aromatic rings. The Morgan fingerprint density at radius 1 is 1.15 bits per heavy atom. The van der Waals surface area contributed by atoms with Crippen LogP contribution in [0.25, 0.3) is 5.52 Å². The second kappa shape index (κ2) is 11.8. The Morgan fingerprint density at radius 2 is 1.73 bits per heavy atom. The van der Waals surface area contributed by atoms with Gasteiger partial charge in [0.25, 0.3) is 5.56 Å². The first-order valence-electron chi connectivity index (χ1n) is 12.2. The van der Waals surface area contributed by atoms with Crippen molar-refractivity contribution < 1.29 is 47.0 Å². The van der Waals surface area contributed by atoms with Gasteiger partial charge in [-0.3, -0.25) is 18.9 Å². The van der Waals surface area contributed by atoms with Crippen molar-refractivity contribution in [3.8, 4) is 6.07 Å². The highest BCUT2D eigenvalue weighted by Crippen LogP contribution is 2.51. The van der Waals surface area contributed by atoms with Gasteiger partial charge in [0.05, 0.1) is 29.2 Å². The minimum atomic E-state index is -4.53. The number of ether oxygens (including phenoxy) is 3. The molecule has 1 saturated heterocycles. The maximum Gasteiger partial charge on any atom is 0.480 e. The molecule has 2 aromatic heterocycles. The molecule has 0 aromatic carbocycles. The normalized spacial score (nSPS) is 21.8. The van der Waals surface area contributed by atoms with E-state index in [1.54, 1.807) is 41.5 Å². The van der Waals surface area contributed by atoms with Gasteiger partial charge >= 0.3 is 19.8 Å². The fourth-order valence-corrected chi connectivity index (χ4v) is 4.47. The minimum Gasteiger partial charge on any atom is -0.437 e. The molecule has 2 N–H and O–H groups in total. The van der Waals surface area contributed by atoms with Gasteiger partial charge in [0.2, 0.25) is 19.2 Å². The van der Waals surface area contributed by atoms with E-state index >= 15 is 0 Å². The number of carbonyl (C=O) groups excluding carboxylic acids is 2. The molecule has 0 bridgehead atoms. The molecule has 3 atom stereocenters. The third-order valence-electron chi connectivity index (χ3n) is 5.76. The first kappa shape index (κ1) is 31.4. The van der Waals surface area contributed by atoms with Gasteiger partial charge in [-0.2, -0.15) is 10.4 Å². The summed E-state index contributed by atoms with van der Waals surface area (Å²) in [6.07, 6.45) is -1.39. The second-order valence-electron chi connectivity index (χ2n) is 11.1. The number of hydrogen-bond acceptors (Lipinski definition) is 13. The lowest BCUT2D eigenvalue weighted by atomic mass is 9.94. The largest absolute Gasteiger partial charge is 0.480 e. The van der Waals surface area contributed by atoms with Crippen molar-refractivity contribution in [2.45, 2.75) is 65.8 Å². The topological polar surface area (TPSA) is 201 Å². The van der Waals surface area contributed by atoms with Crippen LogP contribution in [0, 0.1) is 22.2 Å². The summed E-state index contributed by atoms with van der Waals surface area (Å²) in [4.78, 5) is 38.6. The van der Waals surface area contributed by atoms with Crippen LogP contribution >= 0.6 is 7.82 Å². The van der Waals surface area contributed by atoms with Gasteiger partial charge in [-0.15, -0.1) is 0 Å². The highest BCUT2D eigenvalue weighted by atomic mass is 31.2. The molecule has 0 amide bonds. The fraction of sp³-hybridized carbons (Fsp3) is 0.625. The Balaban J connectivity index is 1.73. The van der Waals surface area contributed by atoms with E-state index in [2.05, 4.69) is 10.1 Å². The van der Waals surface area contributed by atoms with Crippen molar-refractivity contribution >= 4 is 25.3 Å². The number of aromatic amines is 1. The van der Waals surface area contributed by atoms with E-state index in [9.17, 15) is 29.3 Å². The molecule has 1 aliphatic rings. The van der Waals surface area contributed by atoms with E-state index < -0.39 is 74.2 Å². The zero-order valence-corrected chi connectivity index (χ0v) is 23.9. The summed E-state index contributed by atoms with van der Waals surface area (Å²) < 4.78 is 45.9. The molecule has 0 unspecified atom stereocenters. The lowest BCUT2D eigenvalue weighted by molar-refractivity contribution is -0.163. The molecule has 0 aliphatic carbocycles. The maximum atomic E-state index is 13.3. The molecule has 15 nitrogen and oxygen atoms in total. The summed E-state index contributed by atoms with van der Waals surface area (Å²) in [5.74, 6) is -1.29. The average molecular weight is 585 g/mol. The first-order chi connectivity index (χ1) is 18.5. The minimum absolute atomic E-state index is 0.102. The van der Waals surface area contributed by atoms with Gasteiger partial charge < -0.3 is 24.3 Å². The van der Waals surface area contributed by atoms with Crippen LogP contribution in [0.4, 0.5) is 0 Å². The standard InChI is InChI=1S/C24H33N4O11P/c1-22(2,3)20(31)34-13-37-40(33,38-14-35-21(32)23(4,5)6)36-10-15-9-18(29)24(11-25,39-15)17-8-7-16-19(30)26-12-27-28(16)17/h7-8,12,15,18,29H,9-10,13-14H2,1-6H3,(H,26,27,30)/t15-,18+,24-/m0/s1. The highest BCUT2D eigenvalue weighted by Gasteiger charge is 2.52. The molecule has 0 spiro atoms. The lowest BCUT2D eigenvalue weighted by Gasteiger charge is -2.25. The van der Waals surface area contributed by atoms with Crippen LogP contribution in [-0.4, -0.2) is 64.0 Å². The number of aromatic nitrogens is 3. The summed E-state index contributed by atoms with van der Waals surface area (Å²) in [6, 6.07) is 4.80. The molecular weight excluding hydrogens is 551 g/mol. The molecule has 1 aliphatic heterocycles. The van der Waals surface area contributed by atoms with Crippen molar-refractivity contribution in [2.75, 3.05) is 20.2 Å². The summed E-state index contributed by atoms with van der Waals surface area (Å²) in [5.41, 5.74) is -3.90. The van der Waals surface area contributed by atoms with Crippen LogP contribution in [0.5, 0.6) is 0 Å². The Morgan fingerprint density at radius 3 is 2.25 bits per heavy atom. The number of fused-ring (bicyclic) bond motifs is 1. The monoisotopic (exact) mass is 584 g/mol. The third-order valence-corrected chi connectivity index (χ3v) is 7.07. The smallest absolute Gasteiger partial charge is 0.437 e. The van der Waals surface area contributed by atoms with E-state index in [1.807, 2.05) is 6.07 Å². The number of phosphoric acid groups is 1. The predicted molar refractivity (Wildman–Crippen MR) is 135 cm³/mol. The Kier molecular flexibility index (Phi) is 9.25. The number of hydrogen-bond donors (Lipinski definition) is 2. The molecule has 16 heteroatoms. The van der Waals surface area contributed by atoms with Crippen LogP contribution in [0.15, 0.2) is 23.3 Å². The predicted octanol–water partition coefficient (Wildman–Crippen LogP) is 2.14. The SMILES string of the molecule is CC(C)(C)C(=O)OCOP(=O)(OCOC(=O)C(C)(C)C)OC[C@@H]1C[C@@H](O)[C@](C#N)(c2ccc3c(=O)[nH]cnn23)O1. The molecule has 40 heavy (non-hydrogen) atoms. The van der Waals surface area contributed by atoms with Crippen LogP contribution in [0.3, 0.4) is 0 Å². The van der Waals surface area contributed by atoms with E-state index in [4.69, 9.17) is 27.8 Å². The fourth-order valence-electron chi connectivity index (χ4n) is 3.53. The molecule has 0 radical (unpaired) electrons. The van der Waals surface area contributed by atoms with E-state index in [-0.39, 0.29) is 17.6 Å². The lowest BCUT2D eigenvalue weighted by Crippen LogP contribution is -2.37. The van der Waals surface area contributed by atoms with Crippen molar-refractivity contribution in [3.05, 3.63) is 34.5 Å². The van der Waals surface area contributed by atoms with Crippen LogP contribution in [0.2, 0.25) is 0 Å².